The smallest absolute Gasteiger partial charge is 0.264 e. The molecule has 0 radical (unpaired) electrons. The van der Waals surface area contributed by atoms with Crippen LogP contribution in [0, 0.1) is 11.8 Å². The molecule has 0 N–H and O–H groups in total. The lowest BCUT2D eigenvalue weighted by atomic mass is 9.91. The van der Waals surface area contributed by atoms with Crippen molar-refractivity contribution in [1.29, 1.82) is 0 Å². The zero-order chi connectivity index (χ0) is 21.3. The maximum atomic E-state index is 13.2. The quantitative estimate of drug-likeness (QED) is 0.657. The van der Waals surface area contributed by atoms with Crippen LogP contribution in [0.4, 0.5) is 5.69 Å². The van der Waals surface area contributed by atoms with Crippen LogP contribution in [0.15, 0.2) is 47.4 Å². The number of anilines is 1. The molecule has 29 heavy (non-hydrogen) atoms. The first-order chi connectivity index (χ1) is 13.6. The fourth-order valence-corrected chi connectivity index (χ4v) is 5.57. The fraction of sp³-hybridized carbons (Fsp3) is 0.381. The summed E-state index contributed by atoms with van der Waals surface area (Å²) in [6.07, 6.45) is 1.06. The van der Waals surface area contributed by atoms with E-state index in [0.717, 1.165) is 10.7 Å². The monoisotopic (exact) mass is 454 g/mol. The third-order valence-corrected chi connectivity index (χ3v) is 7.59. The Kier molecular flexibility index (Phi) is 6.46. The summed E-state index contributed by atoms with van der Waals surface area (Å²) in [4.78, 5) is 14.8. The van der Waals surface area contributed by atoms with Gasteiger partial charge in [-0.25, -0.2) is 8.42 Å². The molecule has 1 heterocycles. The highest BCUT2D eigenvalue weighted by Gasteiger charge is 2.29. The number of hydrogen-bond acceptors (Lipinski definition) is 3. The number of likely N-dealkylation sites (tertiary alicyclic amines) is 1. The van der Waals surface area contributed by atoms with Crippen LogP contribution >= 0.6 is 23.2 Å². The summed E-state index contributed by atoms with van der Waals surface area (Å²) in [5, 5.41) is 0.556. The molecule has 8 heteroatoms. The summed E-state index contributed by atoms with van der Waals surface area (Å²) >= 11 is 12.4. The normalized spacial score (nSPS) is 19.8. The summed E-state index contributed by atoms with van der Waals surface area (Å²) in [6.45, 7) is 5.49. The van der Waals surface area contributed by atoms with Gasteiger partial charge < -0.3 is 4.90 Å². The molecule has 0 unspecified atom stereocenters. The van der Waals surface area contributed by atoms with E-state index in [-0.39, 0.29) is 21.4 Å². The van der Waals surface area contributed by atoms with Crippen molar-refractivity contribution < 1.29 is 13.2 Å². The van der Waals surface area contributed by atoms with Crippen LogP contribution in [0.2, 0.25) is 10.0 Å². The van der Waals surface area contributed by atoms with Crippen molar-refractivity contribution in [2.24, 2.45) is 11.8 Å². The number of piperidine rings is 1. The molecule has 1 aliphatic rings. The first-order valence-corrected chi connectivity index (χ1v) is 11.6. The van der Waals surface area contributed by atoms with Gasteiger partial charge in [0.25, 0.3) is 15.9 Å². The Hall–Kier alpha value is -1.76. The van der Waals surface area contributed by atoms with Gasteiger partial charge in [0.1, 0.15) is 0 Å². The molecule has 1 amide bonds. The van der Waals surface area contributed by atoms with E-state index in [0.29, 0.717) is 35.6 Å². The second-order valence-electron chi connectivity index (χ2n) is 7.72. The average molecular weight is 455 g/mol. The number of halogens is 2. The number of amides is 1. The molecule has 5 nitrogen and oxygen atoms in total. The molecule has 1 saturated heterocycles. The highest BCUT2D eigenvalue weighted by atomic mass is 35.5. The molecule has 0 saturated carbocycles. The van der Waals surface area contributed by atoms with E-state index in [1.165, 1.54) is 25.2 Å². The van der Waals surface area contributed by atoms with Gasteiger partial charge in [-0.15, -0.1) is 0 Å². The van der Waals surface area contributed by atoms with Crippen molar-refractivity contribution in [1.82, 2.24) is 4.90 Å². The van der Waals surface area contributed by atoms with Crippen molar-refractivity contribution in [3.8, 4) is 0 Å². The van der Waals surface area contributed by atoms with Gasteiger partial charge in [-0.2, -0.15) is 0 Å². The Morgan fingerprint density at radius 3 is 2.28 bits per heavy atom. The molecule has 2 atom stereocenters. The topological polar surface area (TPSA) is 57.7 Å². The number of sulfonamides is 1. The third-order valence-electron chi connectivity index (χ3n) is 5.17. The second-order valence-corrected chi connectivity index (χ2v) is 10.5. The minimum Gasteiger partial charge on any atom is -0.338 e. The van der Waals surface area contributed by atoms with Crippen molar-refractivity contribution >= 4 is 44.8 Å². The minimum atomic E-state index is -3.92. The second kappa shape index (κ2) is 8.54. The average Bonchev–Trinajstić information content (AvgIpc) is 2.66. The standard InChI is InChI=1S/C21H24Cl2N2O3S/c1-14-10-15(2)13-25(12-14)21(26)17-11-16(8-9-18(17)22)29(27,28)24(3)20-7-5-4-6-19(20)23/h4-9,11,14-15H,10,12-13H2,1-3H3/t14-,15-/m1/s1. The SMILES string of the molecule is C[C@@H]1C[C@@H](C)CN(C(=O)c2cc(S(=O)(=O)N(C)c3ccccc3Cl)ccc2Cl)C1. The van der Waals surface area contributed by atoms with Crippen LogP contribution in [-0.2, 0) is 10.0 Å². The van der Waals surface area contributed by atoms with E-state index in [2.05, 4.69) is 13.8 Å². The van der Waals surface area contributed by atoms with Gasteiger partial charge in [-0.1, -0.05) is 49.2 Å². The van der Waals surface area contributed by atoms with Crippen LogP contribution < -0.4 is 4.31 Å². The summed E-state index contributed by atoms with van der Waals surface area (Å²) < 4.78 is 27.4. The van der Waals surface area contributed by atoms with Crippen molar-refractivity contribution in [3.63, 3.8) is 0 Å². The van der Waals surface area contributed by atoms with Gasteiger partial charge in [0.2, 0.25) is 0 Å². The highest BCUT2D eigenvalue weighted by Crippen LogP contribution is 2.31. The number of carbonyl (C=O) groups excluding carboxylic acids is 1. The van der Waals surface area contributed by atoms with Gasteiger partial charge in [-0.05, 0) is 48.6 Å². The molecule has 2 aromatic carbocycles. The minimum absolute atomic E-state index is 0.00854. The molecule has 1 fully saturated rings. The van der Waals surface area contributed by atoms with Crippen LogP contribution in [0.3, 0.4) is 0 Å². The van der Waals surface area contributed by atoms with Crippen molar-refractivity contribution in [2.45, 2.75) is 25.2 Å². The Labute approximate surface area is 182 Å². The Balaban J connectivity index is 1.96. The molecule has 1 aliphatic heterocycles. The molecule has 2 aromatic rings. The van der Waals surface area contributed by atoms with Gasteiger partial charge in [-0.3, -0.25) is 9.10 Å². The number of benzene rings is 2. The molecule has 0 aliphatic carbocycles. The lowest BCUT2D eigenvalue weighted by Crippen LogP contribution is -2.42. The summed E-state index contributed by atoms with van der Waals surface area (Å²) in [6, 6.07) is 10.9. The Morgan fingerprint density at radius 1 is 1.03 bits per heavy atom. The van der Waals surface area contributed by atoms with Crippen LogP contribution in [0.5, 0.6) is 0 Å². The molecule has 3 rings (SSSR count). The van der Waals surface area contributed by atoms with E-state index in [1.807, 2.05) is 0 Å². The fourth-order valence-electron chi connectivity index (χ4n) is 3.82. The zero-order valence-electron chi connectivity index (χ0n) is 16.6. The number of carbonyl (C=O) groups is 1. The van der Waals surface area contributed by atoms with E-state index in [4.69, 9.17) is 23.2 Å². The largest absolute Gasteiger partial charge is 0.338 e. The molecule has 0 aromatic heterocycles. The molecular weight excluding hydrogens is 431 g/mol. The first-order valence-electron chi connectivity index (χ1n) is 9.43. The van der Waals surface area contributed by atoms with E-state index in [1.54, 1.807) is 29.2 Å². The molecule has 156 valence electrons. The molecular formula is C21H24Cl2N2O3S. The zero-order valence-corrected chi connectivity index (χ0v) is 18.9. The van der Waals surface area contributed by atoms with Crippen LogP contribution in [0.1, 0.15) is 30.6 Å². The molecule has 0 bridgehead atoms. The Bertz CT molecular complexity index is 1020. The van der Waals surface area contributed by atoms with E-state index in [9.17, 15) is 13.2 Å². The maximum Gasteiger partial charge on any atom is 0.264 e. The highest BCUT2D eigenvalue weighted by molar-refractivity contribution is 7.92. The number of nitrogens with zero attached hydrogens (tertiary/aromatic N) is 2. The summed E-state index contributed by atoms with van der Waals surface area (Å²) in [5.41, 5.74) is 0.553. The lowest BCUT2D eigenvalue weighted by molar-refractivity contribution is 0.0623. The third kappa shape index (κ3) is 4.55. The van der Waals surface area contributed by atoms with Crippen molar-refractivity contribution in [3.05, 3.63) is 58.1 Å². The van der Waals surface area contributed by atoms with Crippen LogP contribution in [0.25, 0.3) is 0 Å². The predicted octanol–water partition coefficient (Wildman–Crippen LogP) is 4.94. The van der Waals surface area contributed by atoms with Gasteiger partial charge in [0.15, 0.2) is 0 Å². The first kappa shape index (κ1) is 21.9. The van der Waals surface area contributed by atoms with Gasteiger partial charge in [0, 0.05) is 20.1 Å². The van der Waals surface area contributed by atoms with Crippen LogP contribution in [-0.4, -0.2) is 39.4 Å². The van der Waals surface area contributed by atoms with Crippen molar-refractivity contribution in [2.75, 3.05) is 24.4 Å². The lowest BCUT2D eigenvalue weighted by Gasteiger charge is -2.35. The Morgan fingerprint density at radius 2 is 1.66 bits per heavy atom. The maximum absolute atomic E-state index is 13.2. The number of para-hydroxylation sites is 1. The number of rotatable bonds is 4. The van der Waals surface area contributed by atoms with Gasteiger partial charge >= 0.3 is 0 Å². The van der Waals surface area contributed by atoms with E-state index < -0.39 is 10.0 Å². The van der Waals surface area contributed by atoms with Gasteiger partial charge in [0.05, 0.1) is 26.2 Å². The molecule has 0 spiro atoms. The summed E-state index contributed by atoms with van der Waals surface area (Å²) in [5.74, 6) is 0.533. The summed E-state index contributed by atoms with van der Waals surface area (Å²) in [7, 11) is -2.49. The number of hydrogen-bond donors (Lipinski definition) is 0. The van der Waals surface area contributed by atoms with E-state index >= 15 is 0 Å². The predicted molar refractivity (Wildman–Crippen MR) is 117 cm³/mol.